The lowest BCUT2D eigenvalue weighted by Gasteiger charge is -2.24. The molecular formula is C19H38IN5O4. The van der Waals surface area contributed by atoms with Crippen molar-refractivity contribution in [3.8, 4) is 0 Å². The molecule has 1 atom stereocenters. The number of aliphatic imine (C=N–C) groups is 1. The Morgan fingerprint density at radius 1 is 1.14 bits per heavy atom. The topological polar surface area (TPSA) is 104 Å². The first-order valence-electron chi connectivity index (χ1n) is 9.98. The molecule has 0 bridgehead atoms. The fourth-order valence-electron chi connectivity index (χ4n) is 2.44. The van der Waals surface area contributed by atoms with Crippen LogP contribution in [0.4, 0.5) is 4.79 Å². The van der Waals surface area contributed by atoms with Crippen LogP contribution in [-0.2, 0) is 14.3 Å². The summed E-state index contributed by atoms with van der Waals surface area (Å²) in [6.07, 6.45) is 3.74. The summed E-state index contributed by atoms with van der Waals surface area (Å²) in [6.45, 7) is 8.08. The number of rotatable bonds is 8. The van der Waals surface area contributed by atoms with E-state index in [1.165, 1.54) is 11.3 Å². The van der Waals surface area contributed by atoms with Crippen LogP contribution < -0.4 is 16.0 Å². The third-order valence-corrected chi connectivity index (χ3v) is 3.96. The van der Waals surface area contributed by atoms with Gasteiger partial charge in [0.05, 0.1) is 6.10 Å². The number of hydrogen-bond acceptors (Lipinski definition) is 5. The molecule has 10 heteroatoms. The number of carbonyl (C=O) groups excluding carboxylic acids is 2. The summed E-state index contributed by atoms with van der Waals surface area (Å²) in [4.78, 5) is 29.3. The molecule has 1 heterocycles. The van der Waals surface area contributed by atoms with Gasteiger partial charge in [0, 0.05) is 40.3 Å². The summed E-state index contributed by atoms with van der Waals surface area (Å²) in [5.74, 6) is 0.503. The third kappa shape index (κ3) is 14.3. The van der Waals surface area contributed by atoms with Crippen LogP contribution in [0.1, 0.15) is 46.5 Å². The average Bonchev–Trinajstić information content (AvgIpc) is 2.62. The molecule has 0 aromatic rings. The molecule has 1 aliphatic rings. The van der Waals surface area contributed by atoms with Crippen molar-refractivity contribution >= 4 is 41.9 Å². The molecule has 1 fully saturated rings. The summed E-state index contributed by atoms with van der Waals surface area (Å²) in [7, 11) is 3.41. The minimum absolute atomic E-state index is 0. The van der Waals surface area contributed by atoms with Gasteiger partial charge in [-0.05, 0) is 46.5 Å². The fourth-order valence-corrected chi connectivity index (χ4v) is 2.44. The SMILES string of the molecule is CN(C)C(=O)CN=C(NCCCNC(=O)OC(C)(C)C)NCC1CCCCO1.I. The molecular weight excluding hydrogens is 489 g/mol. The maximum absolute atomic E-state index is 11.8. The smallest absolute Gasteiger partial charge is 0.407 e. The summed E-state index contributed by atoms with van der Waals surface area (Å²) < 4.78 is 10.9. The molecule has 0 radical (unpaired) electrons. The highest BCUT2D eigenvalue weighted by atomic mass is 127. The first kappa shape index (κ1) is 27.7. The van der Waals surface area contributed by atoms with E-state index < -0.39 is 11.7 Å². The van der Waals surface area contributed by atoms with Gasteiger partial charge in [-0.15, -0.1) is 24.0 Å². The Morgan fingerprint density at radius 2 is 1.83 bits per heavy atom. The van der Waals surface area contributed by atoms with E-state index in [9.17, 15) is 9.59 Å². The molecule has 170 valence electrons. The van der Waals surface area contributed by atoms with Crippen molar-refractivity contribution in [2.75, 3.05) is 46.9 Å². The zero-order valence-corrected chi connectivity index (χ0v) is 20.7. The Morgan fingerprint density at radius 3 is 2.41 bits per heavy atom. The lowest BCUT2D eigenvalue weighted by Crippen LogP contribution is -2.44. The van der Waals surface area contributed by atoms with E-state index in [2.05, 4.69) is 20.9 Å². The molecule has 1 unspecified atom stereocenters. The van der Waals surface area contributed by atoms with E-state index in [1.807, 2.05) is 20.8 Å². The fraction of sp³-hybridized carbons (Fsp3) is 0.842. The Balaban J connectivity index is 0.00000784. The molecule has 0 spiro atoms. The molecule has 0 saturated carbocycles. The van der Waals surface area contributed by atoms with Crippen LogP contribution in [-0.4, -0.2) is 81.4 Å². The van der Waals surface area contributed by atoms with Gasteiger partial charge in [-0.2, -0.15) is 0 Å². The number of halogens is 1. The maximum Gasteiger partial charge on any atom is 0.407 e. The standard InChI is InChI=1S/C19H37N5O4.HI/c1-19(2,3)28-18(26)21-11-8-10-20-17(23-14-16(25)24(4)5)22-13-15-9-6-7-12-27-15;/h15H,6-14H2,1-5H3,(H,21,26)(H2,20,22,23);1H. The van der Waals surface area contributed by atoms with E-state index in [0.717, 1.165) is 19.4 Å². The van der Waals surface area contributed by atoms with Gasteiger partial charge in [0.2, 0.25) is 5.91 Å². The van der Waals surface area contributed by atoms with Gasteiger partial charge in [0.25, 0.3) is 0 Å². The van der Waals surface area contributed by atoms with Gasteiger partial charge in [-0.1, -0.05) is 0 Å². The minimum atomic E-state index is -0.508. The van der Waals surface area contributed by atoms with Gasteiger partial charge >= 0.3 is 6.09 Å². The second-order valence-corrected chi connectivity index (χ2v) is 8.03. The van der Waals surface area contributed by atoms with Crippen molar-refractivity contribution in [2.45, 2.75) is 58.2 Å². The number of nitrogens with one attached hydrogen (secondary N) is 3. The van der Waals surface area contributed by atoms with E-state index in [1.54, 1.807) is 14.1 Å². The number of ether oxygens (including phenoxy) is 2. The summed E-state index contributed by atoms with van der Waals surface area (Å²) >= 11 is 0. The lowest BCUT2D eigenvalue weighted by molar-refractivity contribution is -0.127. The van der Waals surface area contributed by atoms with E-state index in [-0.39, 0.29) is 42.5 Å². The van der Waals surface area contributed by atoms with Gasteiger partial charge in [0.15, 0.2) is 5.96 Å². The number of carbonyl (C=O) groups is 2. The quantitative estimate of drug-likeness (QED) is 0.192. The van der Waals surface area contributed by atoms with Crippen LogP contribution in [0.15, 0.2) is 4.99 Å². The molecule has 0 aromatic heterocycles. The number of amides is 2. The number of alkyl carbamates (subject to hydrolysis) is 1. The molecule has 9 nitrogen and oxygen atoms in total. The highest BCUT2D eigenvalue weighted by Crippen LogP contribution is 2.11. The summed E-state index contributed by atoms with van der Waals surface area (Å²) in [6, 6.07) is 0. The molecule has 29 heavy (non-hydrogen) atoms. The Labute approximate surface area is 191 Å². The van der Waals surface area contributed by atoms with E-state index in [0.29, 0.717) is 32.0 Å². The highest BCUT2D eigenvalue weighted by Gasteiger charge is 2.16. The average molecular weight is 527 g/mol. The molecule has 1 aliphatic heterocycles. The van der Waals surface area contributed by atoms with E-state index in [4.69, 9.17) is 9.47 Å². The molecule has 0 aromatic carbocycles. The predicted molar refractivity (Wildman–Crippen MR) is 125 cm³/mol. The van der Waals surface area contributed by atoms with Gasteiger partial charge in [0.1, 0.15) is 12.1 Å². The number of hydrogen-bond donors (Lipinski definition) is 3. The molecule has 1 rings (SSSR count). The largest absolute Gasteiger partial charge is 0.444 e. The number of nitrogens with zero attached hydrogens (tertiary/aromatic N) is 2. The van der Waals surface area contributed by atoms with Crippen LogP contribution in [0.2, 0.25) is 0 Å². The van der Waals surface area contributed by atoms with Gasteiger partial charge in [-0.3, -0.25) is 4.79 Å². The van der Waals surface area contributed by atoms with E-state index >= 15 is 0 Å². The second-order valence-electron chi connectivity index (χ2n) is 8.03. The number of likely N-dealkylation sites (N-methyl/N-ethyl adjacent to an activating group) is 1. The van der Waals surface area contributed by atoms with Gasteiger partial charge < -0.3 is 30.3 Å². The zero-order valence-electron chi connectivity index (χ0n) is 18.4. The molecule has 3 N–H and O–H groups in total. The van der Waals surface area contributed by atoms with Gasteiger partial charge in [-0.25, -0.2) is 9.79 Å². The van der Waals surface area contributed by atoms with Crippen LogP contribution in [0.3, 0.4) is 0 Å². The lowest BCUT2D eigenvalue weighted by atomic mass is 10.1. The second kappa shape index (κ2) is 14.6. The van der Waals surface area contributed by atoms with Crippen molar-refractivity contribution in [1.29, 1.82) is 0 Å². The Hall–Kier alpha value is -1.30. The van der Waals surface area contributed by atoms with Crippen molar-refractivity contribution < 1.29 is 19.1 Å². The summed E-state index contributed by atoms with van der Waals surface area (Å²) in [5, 5.41) is 9.16. The third-order valence-electron chi connectivity index (χ3n) is 3.96. The van der Waals surface area contributed by atoms with Crippen LogP contribution in [0.25, 0.3) is 0 Å². The van der Waals surface area contributed by atoms with Crippen molar-refractivity contribution in [1.82, 2.24) is 20.9 Å². The van der Waals surface area contributed by atoms with Crippen molar-refractivity contribution in [3.63, 3.8) is 0 Å². The Kier molecular flexibility index (Phi) is 14.0. The molecule has 1 saturated heterocycles. The monoisotopic (exact) mass is 527 g/mol. The molecule has 2 amide bonds. The number of guanidine groups is 1. The van der Waals surface area contributed by atoms with Crippen LogP contribution >= 0.6 is 24.0 Å². The Bertz CT molecular complexity index is 517. The van der Waals surface area contributed by atoms with Crippen LogP contribution in [0.5, 0.6) is 0 Å². The minimum Gasteiger partial charge on any atom is -0.444 e. The molecule has 0 aliphatic carbocycles. The van der Waals surface area contributed by atoms with Crippen molar-refractivity contribution in [2.24, 2.45) is 4.99 Å². The van der Waals surface area contributed by atoms with Crippen molar-refractivity contribution in [3.05, 3.63) is 0 Å². The maximum atomic E-state index is 11.8. The first-order chi connectivity index (χ1) is 13.2. The first-order valence-corrected chi connectivity index (χ1v) is 9.98. The summed E-state index contributed by atoms with van der Waals surface area (Å²) in [5.41, 5.74) is -0.508. The normalized spacial score (nSPS) is 17.0. The predicted octanol–water partition coefficient (Wildman–Crippen LogP) is 1.71. The zero-order chi connectivity index (χ0) is 21.0. The highest BCUT2D eigenvalue weighted by molar-refractivity contribution is 14.0. The van der Waals surface area contributed by atoms with Crippen LogP contribution in [0, 0.1) is 0 Å².